The summed E-state index contributed by atoms with van der Waals surface area (Å²) in [5.41, 5.74) is 3.42. The summed E-state index contributed by atoms with van der Waals surface area (Å²) in [6.45, 7) is 3.89. The summed E-state index contributed by atoms with van der Waals surface area (Å²) in [6.07, 6.45) is 0. The summed E-state index contributed by atoms with van der Waals surface area (Å²) in [4.78, 5) is 8.98. The molecule has 0 radical (unpaired) electrons. The lowest BCUT2D eigenvalue weighted by molar-refractivity contribution is 0.314. The Balaban J connectivity index is 1.87. The highest BCUT2D eigenvalue weighted by molar-refractivity contribution is 14.1. The van der Waals surface area contributed by atoms with Gasteiger partial charge in [-0.25, -0.2) is 14.3 Å². The minimum absolute atomic E-state index is 0.339. The van der Waals surface area contributed by atoms with Crippen molar-refractivity contribution >= 4 is 45.4 Å². The third kappa shape index (κ3) is 2.70. The van der Waals surface area contributed by atoms with Crippen molar-refractivity contribution in [3.8, 4) is 5.82 Å². The molecule has 3 aromatic heterocycles. The van der Waals surface area contributed by atoms with E-state index in [0.29, 0.717) is 22.9 Å². The number of nitrogens with one attached hydrogen (secondary N) is 1. The molecule has 1 N–H and O–H groups in total. The number of hydrogen-bond acceptors (Lipinski definition) is 7. The number of nitrogens with zero attached hydrogens (tertiary/aromatic N) is 6. The van der Waals surface area contributed by atoms with Gasteiger partial charge in [0.15, 0.2) is 11.6 Å². The fraction of sp³-hybridized carbons (Fsp3) is 0.133. The molecule has 0 spiro atoms. The van der Waals surface area contributed by atoms with Gasteiger partial charge in [0, 0.05) is 15.0 Å². The van der Waals surface area contributed by atoms with Crippen molar-refractivity contribution in [1.29, 1.82) is 0 Å². The molecule has 1 aromatic carbocycles. The maximum atomic E-state index is 4.73. The summed E-state index contributed by atoms with van der Waals surface area (Å²) in [6, 6.07) is 9.94. The van der Waals surface area contributed by atoms with Crippen LogP contribution in [-0.2, 0) is 0 Å². The van der Waals surface area contributed by atoms with E-state index in [9.17, 15) is 0 Å². The minimum atomic E-state index is 0.339. The van der Waals surface area contributed by atoms with Crippen molar-refractivity contribution in [2.75, 3.05) is 5.32 Å². The molecule has 0 amide bonds. The van der Waals surface area contributed by atoms with Crippen LogP contribution in [0.2, 0.25) is 0 Å². The predicted octanol–water partition coefficient (Wildman–Crippen LogP) is 3.16. The molecule has 0 aliphatic rings. The summed E-state index contributed by atoms with van der Waals surface area (Å²) in [5.74, 6) is 1.08. The number of benzene rings is 1. The minimum Gasteiger partial charge on any atom is -0.337 e. The molecule has 0 aliphatic heterocycles. The van der Waals surface area contributed by atoms with Gasteiger partial charge in [-0.15, -0.1) is 0 Å². The van der Waals surface area contributed by atoms with Crippen LogP contribution >= 0.6 is 22.6 Å². The lowest BCUT2D eigenvalue weighted by Gasteiger charge is -2.11. The molecule has 0 unspecified atom stereocenters. The van der Waals surface area contributed by atoms with Crippen LogP contribution in [0.4, 0.5) is 11.5 Å². The Labute approximate surface area is 150 Å². The Kier molecular flexibility index (Phi) is 3.63. The molecule has 24 heavy (non-hydrogen) atoms. The number of hydrogen-bond donors (Lipinski definition) is 1. The fourth-order valence-corrected chi connectivity index (χ4v) is 2.73. The van der Waals surface area contributed by atoms with E-state index in [-0.39, 0.29) is 0 Å². The Bertz CT molecular complexity index is 1020. The van der Waals surface area contributed by atoms with E-state index in [2.05, 4.69) is 53.3 Å². The van der Waals surface area contributed by atoms with Gasteiger partial charge < -0.3 is 5.32 Å². The van der Waals surface area contributed by atoms with E-state index in [4.69, 9.17) is 4.63 Å². The molecule has 4 aromatic rings. The van der Waals surface area contributed by atoms with Crippen LogP contribution in [-0.4, -0.2) is 30.1 Å². The van der Waals surface area contributed by atoms with Crippen LogP contribution in [0.15, 0.2) is 35.0 Å². The Morgan fingerprint density at radius 2 is 1.75 bits per heavy atom. The molecule has 0 bridgehead atoms. The van der Waals surface area contributed by atoms with Crippen LogP contribution in [0.1, 0.15) is 11.4 Å². The van der Waals surface area contributed by atoms with Crippen LogP contribution in [0.3, 0.4) is 0 Å². The Hall–Kier alpha value is -2.56. The van der Waals surface area contributed by atoms with Crippen molar-refractivity contribution in [1.82, 2.24) is 30.1 Å². The van der Waals surface area contributed by atoms with Crippen molar-refractivity contribution in [2.45, 2.75) is 13.8 Å². The highest BCUT2D eigenvalue weighted by Gasteiger charge is 2.17. The summed E-state index contributed by atoms with van der Waals surface area (Å²) in [5, 5.41) is 15.3. The molecule has 4 rings (SSSR count). The molecule has 3 heterocycles. The van der Waals surface area contributed by atoms with Gasteiger partial charge in [0.05, 0.1) is 5.69 Å². The van der Waals surface area contributed by atoms with Crippen molar-refractivity contribution in [3.05, 3.63) is 45.3 Å². The monoisotopic (exact) mass is 433 g/mol. The van der Waals surface area contributed by atoms with Gasteiger partial charge >= 0.3 is 0 Å². The van der Waals surface area contributed by atoms with Gasteiger partial charge in [0.25, 0.3) is 0 Å². The predicted molar refractivity (Wildman–Crippen MR) is 96.4 cm³/mol. The lowest BCUT2D eigenvalue weighted by atomic mass is 10.3. The molecular weight excluding hydrogens is 421 g/mol. The molecule has 0 atom stereocenters. The van der Waals surface area contributed by atoms with Crippen LogP contribution in [0.25, 0.3) is 17.1 Å². The van der Waals surface area contributed by atoms with Crippen molar-refractivity contribution in [3.63, 3.8) is 0 Å². The quantitative estimate of drug-likeness (QED) is 0.496. The van der Waals surface area contributed by atoms with E-state index in [1.165, 1.54) is 0 Å². The third-order valence-electron chi connectivity index (χ3n) is 3.41. The molecule has 0 aliphatic carbocycles. The second kappa shape index (κ2) is 5.82. The Morgan fingerprint density at radius 1 is 1.04 bits per heavy atom. The van der Waals surface area contributed by atoms with Crippen molar-refractivity contribution < 1.29 is 4.63 Å². The zero-order chi connectivity index (χ0) is 16.7. The molecule has 120 valence electrons. The van der Waals surface area contributed by atoms with Gasteiger partial charge in [-0.3, -0.25) is 0 Å². The highest BCUT2D eigenvalue weighted by Crippen LogP contribution is 2.24. The number of rotatable bonds is 3. The molecule has 0 saturated carbocycles. The topological polar surface area (TPSA) is 94.5 Å². The first-order chi connectivity index (χ1) is 11.6. The highest BCUT2D eigenvalue weighted by atomic mass is 127. The van der Waals surface area contributed by atoms with Gasteiger partial charge in [0.1, 0.15) is 0 Å². The fourth-order valence-electron chi connectivity index (χ4n) is 2.37. The van der Waals surface area contributed by atoms with E-state index >= 15 is 0 Å². The number of aromatic nitrogens is 6. The summed E-state index contributed by atoms with van der Waals surface area (Å²) in [7, 11) is 0. The molecule has 0 saturated heterocycles. The molecule has 9 heteroatoms. The zero-order valence-electron chi connectivity index (χ0n) is 12.9. The van der Waals surface area contributed by atoms with Crippen LogP contribution in [0.5, 0.6) is 0 Å². The first kappa shape index (κ1) is 15.0. The number of anilines is 2. The average Bonchev–Trinajstić information content (AvgIpc) is 3.14. The average molecular weight is 433 g/mol. The van der Waals surface area contributed by atoms with E-state index in [0.717, 1.165) is 20.6 Å². The van der Waals surface area contributed by atoms with Gasteiger partial charge in [0.2, 0.25) is 11.3 Å². The first-order valence-corrected chi connectivity index (χ1v) is 8.24. The maximum Gasteiger partial charge on any atom is 0.245 e. The van der Waals surface area contributed by atoms with Crippen LogP contribution < -0.4 is 5.32 Å². The van der Waals surface area contributed by atoms with Gasteiger partial charge in [-0.2, -0.15) is 10.1 Å². The second-order valence-electron chi connectivity index (χ2n) is 5.28. The lowest BCUT2D eigenvalue weighted by Crippen LogP contribution is -2.08. The third-order valence-corrected chi connectivity index (χ3v) is 4.13. The number of halogens is 1. The number of aryl methyl sites for hydroxylation is 2. The molecule has 8 nitrogen and oxygen atoms in total. The zero-order valence-corrected chi connectivity index (χ0v) is 15.0. The largest absolute Gasteiger partial charge is 0.337 e. The standard InChI is InChI=1S/C15H12IN7O/c1-8-7-9(2)23(20-8)15-14(17-11-5-3-10(16)4-6-11)18-12-13(19-15)22-24-21-12/h3-7H,1-2H3,(H,17,18,21). The van der Waals surface area contributed by atoms with E-state index in [1.807, 2.05) is 44.2 Å². The summed E-state index contributed by atoms with van der Waals surface area (Å²) >= 11 is 2.26. The number of fused-ring (bicyclic) bond motifs is 1. The Morgan fingerprint density at radius 3 is 2.42 bits per heavy atom. The van der Waals surface area contributed by atoms with E-state index < -0.39 is 0 Å². The smallest absolute Gasteiger partial charge is 0.245 e. The first-order valence-electron chi connectivity index (χ1n) is 7.17. The normalized spacial score (nSPS) is 11.1. The van der Waals surface area contributed by atoms with E-state index in [1.54, 1.807) is 4.68 Å². The SMILES string of the molecule is Cc1cc(C)n(-c2nc3nonc3nc2Nc2ccc(I)cc2)n1. The molecule has 0 fully saturated rings. The maximum absolute atomic E-state index is 4.73. The molecular formula is C15H12IN7O. The van der Waals surface area contributed by atoms with Gasteiger partial charge in [-0.05, 0) is 77.1 Å². The summed E-state index contributed by atoms with van der Waals surface area (Å²) < 4.78 is 7.61. The van der Waals surface area contributed by atoms with Crippen LogP contribution in [0, 0.1) is 17.4 Å². The van der Waals surface area contributed by atoms with Gasteiger partial charge in [-0.1, -0.05) is 0 Å². The van der Waals surface area contributed by atoms with Crippen molar-refractivity contribution in [2.24, 2.45) is 0 Å². The second-order valence-corrected chi connectivity index (χ2v) is 6.52.